The summed E-state index contributed by atoms with van der Waals surface area (Å²) in [4.78, 5) is 29.4. The highest BCUT2D eigenvalue weighted by Crippen LogP contribution is 2.26. The molecule has 0 aliphatic carbocycles. The van der Waals surface area contributed by atoms with E-state index in [-0.39, 0.29) is 11.9 Å². The molecule has 0 saturated carbocycles. The zero-order chi connectivity index (χ0) is 27.1. The van der Waals surface area contributed by atoms with Gasteiger partial charge in [0.25, 0.3) is 5.91 Å². The first-order chi connectivity index (χ1) is 18.2. The van der Waals surface area contributed by atoms with E-state index in [1.54, 1.807) is 25.7 Å². The quantitative estimate of drug-likeness (QED) is 0.391. The third kappa shape index (κ3) is 7.56. The molecule has 2 aromatic carbocycles. The average Bonchev–Trinajstić information content (AvgIpc) is 2.92. The third-order valence-electron chi connectivity index (χ3n) is 7.43. The third-order valence-corrected chi connectivity index (χ3v) is 7.43. The predicted octanol–water partition coefficient (Wildman–Crippen LogP) is 5.75. The van der Waals surface area contributed by atoms with Gasteiger partial charge >= 0.3 is 5.97 Å². The van der Waals surface area contributed by atoms with Crippen molar-refractivity contribution in [2.45, 2.75) is 64.6 Å². The summed E-state index contributed by atoms with van der Waals surface area (Å²) in [6, 6.07) is 15.1. The predicted molar refractivity (Wildman–Crippen MR) is 147 cm³/mol. The number of ether oxygens (including phenoxy) is 2. The summed E-state index contributed by atoms with van der Waals surface area (Å²) < 4.78 is 25.1. The van der Waals surface area contributed by atoms with E-state index in [0.29, 0.717) is 44.2 Å². The van der Waals surface area contributed by atoms with Crippen LogP contribution in [0.2, 0.25) is 0 Å². The smallest absolute Gasteiger partial charge is 0.328 e. The molecule has 0 N–H and O–H groups in total. The lowest BCUT2D eigenvalue weighted by atomic mass is 9.97. The topological polar surface area (TPSA) is 59.1 Å². The first kappa shape index (κ1) is 28.1. The molecule has 206 valence electrons. The molecular formula is C31H41FN2O4. The monoisotopic (exact) mass is 524 g/mol. The van der Waals surface area contributed by atoms with E-state index in [1.165, 1.54) is 0 Å². The molecule has 2 aromatic rings. The zero-order valence-electron chi connectivity index (χ0n) is 23.0. The summed E-state index contributed by atoms with van der Waals surface area (Å²) in [6.07, 6.45) is 4.51. The van der Waals surface area contributed by atoms with Gasteiger partial charge in [-0.1, -0.05) is 24.3 Å². The van der Waals surface area contributed by atoms with Crippen LogP contribution in [-0.4, -0.2) is 72.8 Å². The van der Waals surface area contributed by atoms with Crippen LogP contribution in [0.3, 0.4) is 0 Å². The van der Waals surface area contributed by atoms with Gasteiger partial charge in [0.05, 0.1) is 13.2 Å². The summed E-state index contributed by atoms with van der Waals surface area (Å²) in [5.74, 6) is 0.883. The average molecular weight is 525 g/mol. The van der Waals surface area contributed by atoms with Crippen molar-refractivity contribution in [1.29, 1.82) is 0 Å². The first-order valence-corrected chi connectivity index (χ1v) is 14.0. The molecule has 0 radical (unpaired) electrons. The summed E-state index contributed by atoms with van der Waals surface area (Å²) in [6.45, 7) is 8.94. The minimum absolute atomic E-state index is 0.128. The highest BCUT2D eigenvalue weighted by atomic mass is 19.1. The van der Waals surface area contributed by atoms with Gasteiger partial charge in [-0.3, -0.25) is 4.79 Å². The molecule has 1 unspecified atom stereocenters. The van der Waals surface area contributed by atoms with Crippen LogP contribution in [0.1, 0.15) is 63.2 Å². The maximum absolute atomic E-state index is 13.9. The second kappa shape index (κ2) is 12.7. The normalized spacial score (nSPS) is 19.3. The number of halogens is 1. The second-order valence-electron chi connectivity index (χ2n) is 11.1. The maximum Gasteiger partial charge on any atom is 0.328 e. The molecular weight excluding hydrogens is 483 g/mol. The minimum Gasteiger partial charge on any atom is -0.493 e. The van der Waals surface area contributed by atoms with Gasteiger partial charge in [0.15, 0.2) is 0 Å². The van der Waals surface area contributed by atoms with Crippen LogP contribution in [0.5, 0.6) is 5.75 Å². The van der Waals surface area contributed by atoms with E-state index in [1.807, 2.05) is 48.5 Å². The number of hydrogen-bond acceptors (Lipinski definition) is 5. The van der Waals surface area contributed by atoms with Gasteiger partial charge in [0.1, 0.15) is 17.5 Å². The van der Waals surface area contributed by atoms with Crippen molar-refractivity contribution in [1.82, 2.24) is 9.80 Å². The number of nitrogens with zero attached hydrogens (tertiary/aromatic N) is 2. The molecule has 38 heavy (non-hydrogen) atoms. The number of amides is 1. The Morgan fingerprint density at radius 3 is 2.16 bits per heavy atom. The Morgan fingerprint density at radius 1 is 0.921 bits per heavy atom. The molecule has 1 atom stereocenters. The minimum atomic E-state index is -1.15. The molecule has 2 heterocycles. The number of esters is 1. The van der Waals surface area contributed by atoms with Gasteiger partial charge in [-0.25, -0.2) is 9.18 Å². The van der Waals surface area contributed by atoms with E-state index in [9.17, 15) is 14.0 Å². The van der Waals surface area contributed by atoms with Gasteiger partial charge in [-0.15, -0.1) is 0 Å². The lowest BCUT2D eigenvalue weighted by Crippen LogP contribution is -2.48. The number of carbonyl (C=O) groups excluding carboxylic acids is 2. The summed E-state index contributed by atoms with van der Waals surface area (Å²) in [7, 11) is 0. The van der Waals surface area contributed by atoms with Crippen LogP contribution in [-0.2, 0) is 9.53 Å². The van der Waals surface area contributed by atoms with Crippen LogP contribution in [0.25, 0.3) is 11.1 Å². The van der Waals surface area contributed by atoms with Crippen molar-refractivity contribution in [2.75, 3.05) is 39.4 Å². The van der Waals surface area contributed by atoms with Gasteiger partial charge in [-0.2, -0.15) is 0 Å². The van der Waals surface area contributed by atoms with Crippen LogP contribution in [0.15, 0.2) is 48.5 Å². The van der Waals surface area contributed by atoms with Gasteiger partial charge < -0.3 is 19.3 Å². The summed E-state index contributed by atoms with van der Waals surface area (Å²) in [5.41, 5.74) is 1.48. The van der Waals surface area contributed by atoms with E-state index in [4.69, 9.17) is 9.47 Å². The van der Waals surface area contributed by atoms with Crippen molar-refractivity contribution in [3.8, 4) is 16.9 Å². The van der Waals surface area contributed by atoms with Gasteiger partial charge in [0.2, 0.25) is 0 Å². The highest BCUT2D eigenvalue weighted by molar-refractivity contribution is 5.97. The molecule has 2 saturated heterocycles. The number of likely N-dealkylation sites (tertiary alicyclic amines) is 2. The molecule has 2 aliphatic rings. The fourth-order valence-corrected chi connectivity index (χ4v) is 5.43. The molecule has 0 spiro atoms. The molecule has 0 bridgehead atoms. The number of alkyl halides is 1. The maximum atomic E-state index is 13.9. The fraction of sp³-hybridized carbons (Fsp3) is 0.548. The summed E-state index contributed by atoms with van der Waals surface area (Å²) in [5, 5.41) is 0. The molecule has 0 aromatic heterocycles. The van der Waals surface area contributed by atoms with Crippen LogP contribution >= 0.6 is 0 Å². The van der Waals surface area contributed by atoms with E-state index in [2.05, 4.69) is 4.90 Å². The first-order valence-electron chi connectivity index (χ1n) is 14.0. The second-order valence-corrected chi connectivity index (χ2v) is 11.1. The number of benzene rings is 2. The van der Waals surface area contributed by atoms with Crippen LogP contribution < -0.4 is 4.74 Å². The molecule has 6 nitrogen and oxygen atoms in total. The van der Waals surface area contributed by atoms with Crippen LogP contribution in [0.4, 0.5) is 4.39 Å². The molecule has 1 amide bonds. The number of piperidine rings is 2. The molecule has 4 rings (SSSR count). The molecule has 7 heteroatoms. The van der Waals surface area contributed by atoms with Crippen LogP contribution in [0, 0.1) is 5.92 Å². The van der Waals surface area contributed by atoms with E-state index < -0.39 is 11.7 Å². The van der Waals surface area contributed by atoms with Gasteiger partial charge in [-0.05, 0) is 107 Å². The van der Waals surface area contributed by atoms with E-state index >= 15 is 0 Å². The Hall–Kier alpha value is -2.93. The Balaban J connectivity index is 1.29. The highest BCUT2D eigenvalue weighted by Gasteiger charge is 2.33. The Labute approximate surface area is 226 Å². The van der Waals surface area contributed by atoms with Crippen molar-refractivity contribution in [3.05, 3.63) is 54.1 Å². The Morgan fingerprint density at radius 2 is 1.55 bits per heavy atom. The van der Waals surface area contributed by atoms with Crippen molar-refractivity contribution in [3.63, 3.8) is 0 Å². The van der Waals surface area contributed by atoms with Crippen molar-refractivity contribution >= 4 is 11.9 Å². The molecule has 2 fully saturated rings. The van der Waals surface area contributed by atoms with E-state index in [0.717, 1.165) is 55.6 Å². The largest absolute Gasteiger partial charge is 0.493 e. The zero-order valence-corrected chi connectivity index (χ0v) is 23.0. The standard InChI is InChI=1S/C31H41FN2O4/c1-4-37-30(36)28-7-5-6-18-34(28)29(35)26-10-8-24(9-11-26)25-12-14-27(15-13-25)38-21-23-16-19-33(20-17-23)22-31(2,3)32/h8-15,23,28H,4-7,16-22H2,1-3H3. The Kier molecular flexibility index (Phi) is 9.42. The SMILES string of the molecule is CCOC(=O)C1CCCCN1C(=O)c1ccc(-c2ccc(OCC3CCN(CC(C)(C)F)CC3)cc2)cc1. The Bertz CT molecular complexity index is 1060. The van der Waals surface area contributed by atoms with Gasteiger partial charge in [0, 0.05) is 18.7 Å². The van der Waals surface area contributed by atoms with Crippen molar-refractivity contribution in [2.24, 2.45) is 5.92 Å². The van der Waals surface area contributed by atoms with Crippen molar-refractivity contribution < 1.29 is 23.5 Å². The fourth-order valence-electron chi connectivity index (χ4n) is 5.43. The summed E-state index contributed by atoms with van der Waals surface area (Å²) >= 11 is 0. The number of rotatable bonds is 9. The lowest BCUT2D eigenvalue weighted by Gasteiger charge is -2.34. The lowest BCUT2D eigenvalue weighted by molar-refractivity contribution is -0.149. The molecule has 2 aliphatic heterocycles. The number of carbonyl (C=O) groups is 2. The number of hydrogen-bond donors (Lipinski definition) is 0.